The number of hydrogen-bond donors (Lipinski definition) is 0. The maximum atomic E-state index is 12.5. The van der Waals surface area contributed by atoms with E-state index in [0.717, 1.165) is 22.3 Å². The minimum Gasteiger partial charge on any atom is -0.400 e. The molecule has 1 aliphatic heterocycles. The zero-order valence-corrected chi connectivity index (χ0v) is 13.1. The third kappa shape index (κ3) is 1.95. The molecule has 0 saturated heterocycles. The minimum atomic E-state index is -1.48. The standard InChI is InChI=1S/C18H18O4/c1-11-9-10-14-16(17(19)22-18(14,20-3)21-4)15-12(2)7-5-6-8-13(11)15/h5-10H,1-4H3. The summed E-state index contributed by atoms with van der Waals surface area (Å²) in [5, 5.41) is 0. The van der Waals surface area contributed by atoms with Crippen LogP contribution >= 0.6 is 0 Å². The van der Waals surface area contributed by atoms with Gasteiger partial charge in [0.15, 0.2) is 0 Å². The molecule has 0 radical (unpaired) electrons. The number of methoxy groups -OCH3 is 2. The van der Waals surface area contributed by atoms with E-state index in [1.54, 1.807) is 0 Å². The molecule has 4 heteroatoms. The van der Waals surface area contributed by atoms with Gasteiger partial charge in [-0.1, -0.05) is 30.4 Å². The van der Waals surface area contributed by atoms with E-state index in [2.05, 4.69) is 0 Å². The van der Waals surface area contributed by atoms with Crippen LogP contribution in [-0.4, -0.2) is 26.2 Å². The SMILES string of the molecule is COC1(OC)OC(=O)C2=C1C=CC(C)=C1C=CC=CC(C)=C12. The number of allylic oxidation sites excluding steroid dienone is 8. The van der Waals surface area contributed by atoms with Gasteiger partial charge >= 0.3 is 11.9 Å². The monoisotopic (exact) mass is 298 g/mol. The summed E-state index contributed by atoms with van der Waals surface area (Å²) >= 11 is 0. The van der Waals surface area contributed by atoms with Gasteiger partial charge in [-0.3, -0.25) is 0 Å². The van der Waals surface area contributed by atoms with Crippen molar-refractivity contribution in [2.24, 2.45) is 0 Å². The van der Waals surface area contributed by atoms with Crippen LogP contribution in [0.15, 0.2) is 69.9 Å². The molecule has 0 aromatic rings. The van der Waals surface area contributed by atoms with Crippen molar-refractivity contribution in [3.63, 3.8) is 0 Å². The van der Waals surface area contributed by atoms with Crippen LogP contribution < -0.4 is 0 Å². The molecule has 0 saturated carbocycles. The highest BCUT2D eigenvalue weighted by Crippen LogP contribution is 2.44. The fraction of sp³-hybridized carbons (Fsp3) is 0.278. The number of rotatable bonds is 2. The molecule has 3 aliphatic rings. The predicted molar refractivity (Wildman–Crippen MR) is 82.7 cm³/mol. The second-order valence-electron chi connectivity index (χ2n) is 5.35. The van der Waals surface area contributed by atoms with Crippen LogP contribution in [0.4, 0.5) is 0 Å². The van der Waals surface area contributed by atoms with Gasteiger partial charge in [-0.15, -0.1) is 0 Å². The number of carbonyl (C=O) groups is 1. The molecule has 114 valence electrons. The first-order valence-corrected chi connectivity index (χ1v) is 7.08. The molecule has 4 nitrogen and oxygen atoms in total. The van der Waals surface area contributed by atoms with E-state index >= 15 is 0 Å². The van der Waals surface area contributed by atoms with Gasteiger partial charge in [0.2, 0.25) is 0 Å². The van der Waals surface area contributed by atoms with Crippen molar-refractivity contribution < 1.29 is 19.0 Å². The van der Waals surface area contributed by atoms with Crippen molar-refractivity contribution in [3.8, 4) is 0 Å². The van der Waals surface area contributed by atoms with Crippen molar-refractivity contribution in [1.29, 1.82) is 0 Å². The van der Waals surface area contributed by atoms with E-state index in [9.17, 15) is 4.79 Å². The number of fused-ring (bicyclic) bond motifs is 2. The number of carbonyl (C=O) groups excluding carboxylic acids is 1. The second kappa shape index (κ2) is 5.23. The largest absolute Gasteiger partial charge is 0.400 e. The molecule has 3 rings (SSSR count). The lowest BCUT2D eigenvalue weighted by atomic mass is 9.90. The maximum absolute atomic E-state index is 12.5. The first-order valence-electron chi connectivity index (χ1n) is 7.08. The number of esters is 1. The zero-order valence-electron chi connectivity index (χ0n) is 13.1. The molecule has 0 N–H and O–H groups in total. The number of hydrogen-bond acceptors (Lipinski definition) is 4. The molecule has 0 aromatic carbocycles. The van der Waals surface area contributed by atoms with E-state index in [0.29, 0.717) is 11.1 Å². The second-order valence-corrected chi connectivity index (χ2v) is 5.35. The van der Waals surface area contributed by atoms with Crippen LogP contribution in [0.25, 0.3) is 0 Å². The van der Waals surface area contributed by atoms with Gasteiger partial charge in [-0.2, -0.15) is 0 Å². The van der Waals surface area contributed by atoms with Crippen LogP contribution in [0.1, 0.15) is 13.8 Å². The van der Waals surface area contributed by atoms with E-state index in [-0.39, 0.29) is 0 Å². The summed E-state index contributed by atoms with van der Waals surface area (Å²) in [5.74, 6) is -1.92. The van der Waals surface area contributed by atoms with Gasteiger partial charge in [0.1, 0.15) is 0 Å². The Morgan fingerprint density at radius 3 is 2.27 bits per heavy atom. The Balaban J connectivity index is 2.34. The lowest BCUT2D eigenvalue weighted by molar-refractivity contribution is -0.309. The molecular weight excluding hydrogens is 280 g/mol. The molecule has 2 aliphatic carbocycles. The third-order valence-electron chi connectivity index (χ3n) is 4.13. The Hall–Kier alpha value is -2.17. The van der Waals surface area contributed by atoms with E-state index in [4.69, 9.17) is 14.2 Å². The summed E-state index contributed by atoms with van der Waals surface area (Å²) in [4.78, 5) is 12.5. The summed E-state index contributed by atoms with van der Waals surface area (Å²) < 4.78 is 16.2. The normalized spacial score (nSPS) is 22.6. The molecular formula is C18H18O4. The Bertz CT molecular complexity index is 722. The smallest absolute Gasteiger partial charge is 0.359 e. The van der Waals surface area contributed by atoms with Crippen molar-refractivity contribution in [3.05, 3.63) is 69.9 Å². The van der Waals surface area contributed by atoms with Gasteiger partial charge in [0, 0.05) is 14.2 Å². The summed E-state index contributed by atoms with van der Waals surface area (Å²) in [6.07, 6.45) is 11.7. The molecule has 0 aromatic heterocycles. The predicted octanol–water partition coefficient (Wildman–Crippen LogP) is 3.12. The van der Waals surface area contributed by atoms with Gasteiger partial charge in [-0.05, 0) is 42.2 Å². The van der Waals surface area contributed by atoms with Crippen molar-refractivity contribution in [2.75, 3.05) is 14.2 Å². The van der Waals surface area contributed by atoms with Crippen LogP contribution in [0.3, 0.4) is 0 Å². The molecule has 1 heterocycles. The lowest BCUT2D eigenvalue weighted by Crippen LogP contribution is -2.36. The Morgan fingerprint density at radius 1 is 0.909 bits per heavy atom. The summed E-state index contributed by atoms with van der Waals surface area (Å²) in [6, 6.07) is 0. The lowest BCUT2D eigenvalue weighted by Gasteiger charge is -2.25. The van der Waals surface area contributed by atoms with E-state index in [1.165, 1.54) is 14.2 Å². The highest BCUT2D eigenvalue weighted by atomic mass is 16.9. The van der Waals surface area contributed by atoms with Crippen LogP contribution in [-0.2, 0) is 19.0 Å². The fourth-order valence-corrected chi connectivity index (χ4v) is 2.99. The average molecular weight is 298 g/mol. The van der Waals surface area contributed by atoms with E-state index < -0.39 is 11.9 Å². The number of ether oxygens (including phenoxy) is 3. The highest BCUT2D eigenvalue weighted by molar-refractivity contribution is 6.01. The van der Waals surface area contributed by atoms with Gasteiger partial charge in [0.05, 0.1) is 11.1 Å². The minimum absolute atomic E-state index is 0.436. The number of cyclic esters (lactones) is 1. The van der Waals surface area contributed by atoms with Crippen molar-refractivity contribution in [1.82, 2.24) is 0 Å². The van der Waals surface area contributed by atoms with E-state index in [1.807, 2.05) is 50.3 Å². The summed E-state index contributed by atoms with van der Waals surface area (Å²) in [5.41, 5.74) is 5.02. The molecule has 0 unspecified atom stereocenters. The molecule has 0 amide bonds. The van der Waals surface area contributed by atoms with Crippen LogP contribution in [0, 0.1) is 0 Å². The van der Waals surface area contributed by atoms with Gasteiger partial charge < -0.3 is 14.2 Å². The Kier molecular flexibility index (Phi) is 3.51. The topological polar surface area (TPSA) is 44.8 Å². The van der Waals surface area contributed by atoms with Crippen LogP contribution in [0.2, 0.25) is 0 Å². The summed E-state index contributed by atoms with van der Waals surface area (Å²) in [7, 11) is 2.92. The van der Waals surface area contributed by atoms with Gasteiger partial charge in [-0.25, -0.2) is 4.79 Å². The Morgan fingerprint density at radius 2 is 1.59 bits per heavy atom. The molecule has 0 bridgehead atoms. The quantitative estimate of drug-likeness (QED) is 0.580. The fourth-order valence-electron chi connectivity index (χ4n) is 2.99. The summed E-state index contributed by atoms with van der Waals surface area (Å²) in [6.45, 7) is 4.00. The molecule has 0 fully saturated rings. The van der Waals surface area contributed by atoms with Crippen molar-refractivity contribution >= 4 is 5.97 Å². The first kappa shape index (κ1) is 14.8. The first-order chi connectivity index (χ1) is 10.5. The highest BCUT2D eigenvalue weighted by Gasteiger charge is 2.50. The molecule has 0 atom stereocenters. The average Bonchev–Trinajstić information content (AvgIpc) is 2.63. The zero-order chi connectivity index (χ0) is 15.9. The molecule has 0 spiro atoms. The maximum Gasteiger partial charge on any atom is 0.359 e. The van der Waals surface area contributed by atoms with Crippen LogP contribution in [0.5, 0.6) is 0 Å². The van der Waals surface area contributed by atoms with Crippen molar-refractivity contribution in [2.45, 2.75) is 19.8 Å². The third-order valence-corrected chi connectivity index (χ3v) is 4.13. The molecule has 22 heavy (non-hydrogen) atoms. The Labute approximate surface area is 129 Å². The van der Waals surface area contributed by atoms with Gasteiger partial charge in [0.25, 0.3) is 0 Å².